The van der Waals surface area contributed by atoms with Gasteiger partial charge in [-0.05, 0) is 40.5 Å². The summed E-state index contributed by atoms with van der Waals surface area (Å²) in [6.45, 7) is 11.5. The summed E-state index contributed by atoms with van der Waals surface area (Å²) in [6.07, 6.45) is 12.5. The summed E-state index contributed by atoms with van der Waals surface area (Å²) in [6, 6.07) is 0.594. The summed E-state index contributed by atoms with van der Waals surface area (Å²) in [7, 11) is 0. The molecule has 0 radical (unpaired) electrons. The van der Waals surface area contributed by atoms with Crippen LogP contribution < -0.4 is 10.2 Å². The Bertz CT molecular complexity index is 715. The molecule has 27 heavy (non-hydrogen) atoms. The molecule has 6 heteroatoms. The van der Waals surface area contributed by atoms with E-state index in [1.807, 2.05) is 17.1 Å². The van der Waals surface area contributed by atoms with Crippen LogP contribution in [0.25, 0.3) is 0 Å². The van der Waals surface area contributed by atoms with Crippen LogP contribution in [0.2, 0.25) is 0 Å². The zero-order valence-corrected chi connectivity index (χ0v) is 17.3. The molecule has 148 valence electrons. The molecule has 0 unspecified atom stereocenters. The van der Waals surface area contributed by atoms with E-state index in [0.29, 0.717) is 6.04 Å². The third kappa shape index (κ3) is 5.28. The highest BCUT2D eigenvalue weighted by atomic mass is 15.3. The number of aromatic nitrogens is 4. The van der Waals surface area contributed by atoms with Gasteiger partial charge in [0.15, 0.2) is 0 Å². The minimum atomic E-state index is 0.203. The van der Waals surface area contributed by atoms with Crippen molar-refractivity contribution >= 4 is 5.95 Å². The van der Waals surface area contributed by atoms with Crippen molar-refractivity contribution in [2.75, 3.05) is 18.0 Å². The van der Waals surface area contributed by atoms with Gasteiger partial charge in [-0.15, -0.1) is 0 Å². The summed E-state index contributed by atoms with van der Waals surface area (Å²) in [4.78, 5) is 11.9. The van der Waals surface area contributed by atoms with Gasteiger partial charge in [0.05, 0.1) is 6.20 Å². The number of rotatable bonds is 6. The zero-order chi connectivity index (χ0) is 19.2. The average Bonchev–Trinajstić information content (AvgIpc) is 3.09. The fourth-order valence-electron chi connectivity index (χ4n) is 3.62. The predicted octanol–water partition coefficient (Wildman–Crippen LogP) is 4.18. The molecule has 0 spiro atoms. The molecule has 3 heterocycles. The van der Waals surface area contributed by atoms with Gasteiger partial charge in [0.25, 0.3) is 0 Å². The van der Waals surface area contributed by atoms with Crippen LogP contribution in [-0.4, -0.2) is 32.8 Å². The second-order valence-corrected chi connectivity index (χ2v) is 7.99. The summed E-state index contributed by atoms with van der Waals surface area (Å²) in [5.74, 6) is 0.892. The average molecular weight is 371 g/mol. The maximum atomic E-state index is 4.83. The van der Waals surface area contributed by atoms with Crippen molar-refractivity contribution in [2.24, 2.45) is 0 Å². The molecule has 0 aromatic carbocycles. The molecule has 1 N–H and O–H groups in total. The van der Waals surface area contributed by atoms with Crippen LogP contribution >= 0.6 is 0 Å². The minimum Gasteiger partial charge on any atom is -0.341 e. The highest BCUT2D eigenvalue weighted by Crippen LogP contribution is 2.20. The predicted molar refractivity (Wildman–Crippen MR) is 110 cm³/mol. The second kappa shape index (κ2) is 9.31. The third-order valence-electron chi connectivity index (χ3n) is 5.41. The van der Waals surface area contributed by atoms with Crippen molar-refractivity contribution in [3.8, 4) is 0 Å². The van der Waals surface area contributed by atoms with Gasteiger partial charge in [-0.2, -0.15) is 5.10 Å². The Morgan fingerprint density at radius 3 is 2.37 bits per heavy atom. The lowest BCUT2D eigenvalue weighted by Crippen LogP contribution is -2.29. The van der Waals surface area contributed by atoms with Crippen LogP contribution in [0, 0.1) is 6.92 Å². The molecular weight excluding hydrogens is 336 g/mol. The fourth-order valence-corrected chi connectivity index (χ4v) is 3.62. The molecule has 6 nitrogen and oxygen atoms in total. The van der Waals surface area contributed by atoms with Crippen LogP contribution in [-0.2, 0) is 6.54 Å². The molecule has 3 rings (SSSR count). The highest BCUT2D eigenvalue weighted by molar-refractivity contribution is 5.34. The number of nitrogens with one attached hydrogen (secondary N) is 1. The van der Waals surface area contributed by atoms with Gasteiger partial charge >= 0.3 is 0 Å². The molecule has 0 saturated carbocycles. The SMILES string of the molecule is Cc1nc(N2CCCCCCC2)ncc1[C@@H](C)NCc1cnn(C(C)C)c1. The largest absolute Gasteiger partial charge is 0.341 e. The van der Waals surface area contributed by atoms with Crippen molar-refractivity contribution in [2.45, 2.75) is 78.4 Å². The summed E-state index contributed by atoms with van der Waals surface area (Å²) < 4.78 is 1.99. The van der Waals surface area contributed by atoms with E-state index in [2.05, 4.69) is 49.2 Å². The molecule has 1 aliphatic rings. The molecule has 0 amide bonds. The molecule has 1 aliphatic heterocycles. The number of nitrogens with zero attached hydrogens (tertiary/aromatic N) is 5. The fraction of sp³-hybridized carbons (Fsp3) is 0.667. The van der Waals surface area contributed by atoms with E-state index in [9.17, 15) is 0 Å². The number of aryl methyl sites for hydroxylation is 1. The lowest BCUT2D eigenvalue weighted by molar-refractivity contribution is 0.530. The Labute approximate surface area is 163 Å². The zero-order valence-electron chi connectivity index (χ0n) is 17.3. The van der Waals surface area contributed by atoms with Crippen molar-refractivity contribution in [3.05, 3.63) is 35.4 Å². The van der Waals surface area contributed by atoms with Crippen LogP contribution in [0.1, 0.15) is 81.8 Å². The Balaban J connectivity index is 1.61. The Morgan fingerprint density at radius 2 is 1.74 bits per heavy atom. The summed E-state index contributed by atoms with van der Waals surface area (Å²) in [5.41, 5.74) is 3.44. The van der Waals surface area contributed by atoms with Gasteiger partial charge < -0.3 is 10.2 Å². The maximum Gasteiger partial charge on any atom is 0.225 e. The lowest BCUT2D eigenvalue weighted by Gasteiger charge is -2.25. The minimum absolute atomic E-state index is 0.203. The topological polar surface area (TPSA) is 58.9 Å². The van der Waals surface area contributed by atoms with Crippen molar-refractivity contribution < 1.29 is 0 Å². The third-order valence-corrected chi connectivity index (χ3v) is 5.41. The number of hydrogen-bond donors (Lipinski definition) is 1. The van der Waals surface area contributed by atoms with E-state index in [-0.39, 0.29) is 6.04 Å². The van der Waals surface area contributed by atoms with Crippen LogP contribution in [0.5, 0.6) is 0 Å². The van der Waals surface area contributed by atoms with E-state index < -0.39 is 0 Å². The molecule has 1 fully saturated rings. The molecular formula is C21H34N6. The molecule has 2 aromatic rings. The molecule has 0 aliphatic carbocycles. The second-order valence-electron chi connectivity index (χ2n) is 7.99. The normalized spacial score (nSPS) is 17.0. The van der Waals surface area contributed by atoms with E-state index in [1.54, 1.807) is 0 Å². The van der Waals surface area contributed by atoms with Gasteiger partial charge in [0.2, 0.25) is 5.95 Å². The lowest BCUT2D eigenvalue weighted by atomic mass is 10.1. The molecule has 1 atom stereocenters. The van der Waals surface area contributed by atoms with Crippen molar-refractivity contribution in [1.82, 2.24) is 25.1 Å². The van der Waals surface area contributed by atoms with Gasteiger partial charge in [-0.25, -0.2) is 9.97 Å². The molecule has 0 bridgehead atoms. The first kappa shape index (κ1) is 19.8. The van der Waals surface area contributed by atoms with Crippen LogP contribution in [0.3, 0.4) is 0 Å². The standard InChI is InChI=1S/C21H34N6/c1-16(2)27-15-19(13-24-27)12-22-17(3)20-14-23-21(25-18(20)4)26-10-8-6-5-7-9-11-26/h13-17,22H,5-12H2,1-4H3/t17-/m1/s1. The van der Waals surface area contributed by atoms with Gasteiger partial charge in [-0.1, -0.05) is 19.3 Å². The van der Waals surface area contributed by atoms with Gasteiger partial charge in [-0.3, -0.25) is 4.68 Å². The van der Waals surface area contributed by atoms with E-state index in [1.165, 1.54) is 43.2 Å². The first-order chi connectivity index (χ1) is 13.0. The quantitative estimate of drug-likeness (QED) is 0.826. The highest BCUT2D eigenvalue weighted by Gasteiger charge is 2.15. The van der Waals surface area contributed by atoms with Crippen molar-refractivity contribution in [3.63, 3.8) is 0 Å². The Hall–Kier alpha value is -1.95. The molecule has 2 aromatic heterocycles. The van der Waals surface area contributed by atoms with Gasteiger partial charge in [0, 0.05) is 60.9 Å². The smallest absolute Gasteiger partial charge is 0.225 e. The van der Waals surface area contributed by atoms with E-state index >= 15 is 0 Å². The van der Waals surface area contributed by atoms with Gasteiger partial charge in [0.1, 0.15) is 0 Å². The number of anilines is 1. The maximum absolute atomic E-state index is 4.83. The van der Waals surface area contributed by atoms with E-state index in [0.717, 1.165) is 31.3 Å². The monoisotopic (exact) mass is 370 g/mol. The Morgan fingerprint density at radius 1 is 1.04 bits per heavy atom. The van der Waals surface area contributed by atoms with Crippen LogP contribution in [0.4, 0.5) is 5.95 Å². The van der Waals surface area contributed by atoms with Crippen molar-refractivity contribution in [1.29, 1.82) is 0 Å². The summed E-state index contributed by atoms with van der Waals surface area (Å²) in [5, 5.41) is 7.99. The Kier molecular flexibility index (Phi) is 6.83. The molecule has 1 saturated heterocycles. The van der Waals surface area contributed by atoms with E-state index in [4.69, 9.17) is 9.97 Å². The van der Waals surface area contributed by atoms with Crippen LogP contribution in [0.15, 0.2) is 18.6 Å². The summed E-state index contributed by atoms with van der Waals surface area (Å²) >= 11 is 0. The first-order valence-corrected chi connectivity index (χ1v) is 10.4. The first-order valence-electron chi connectivity index (χ1n) is 10.4. The number of hydrogen-bond acceptors (Lipinski definition) is 5.